The molecule has 0 bridgehead atoms. The Morgan fingerprint density at radius 3 is 2.50 bits per heavy atom. The van der Waals surface area contributed by atoms with E-state index in [2.05, 4.69) is 15.5 Å². The van der Waals surface area contributed by atoms with Crippen LogP contribution < -0.4 is 5.32 Å². The molecule has 0 fully saturated rings. The van der Waals surface area contributed by atoms with E-state index in [0.717, 1.165) is 11.1 Å². The molecular formula is C20H20ClFN4OS. The SMILES string of the molecule is C[C@H](Sc1nnc(-c2ccccc2Cl)n1C)C(=O)N[C@H](C)c1ccc(F)cc1. The Morgan fingerprint density at radius 1 is 1.14 bits per heavy atom. The number of thioether (sulfide) groups is 1. The summed E-state index contributed by atoms with van der Waals surface area (Å²) in [5, 5.41) is 12.2. The molecule has 0 aliphatic rings. The zero-order chi connectivity index (χ0) is 20.3. The molecule has 1 amide bonds. The van der Waals surface area contributed by atoms with Crippen molar-refractivity contribution in [3.63, 3.8) is 0 Å². The van der Waals surface area contributed by atoms with Crippen LogP contribution in [0.1, 0.15) is 25.5 Å². The Hall–Kier alpha value is -2.38. The first-order valence-corrected chi connectivity index (χ1v) is 9.99. The summed E-state index contributed by atoms with van der Waals surface area (Å²) in [6.45, 7) is 3.67. The highest BCUT2D eigenvalue weighted by Crippen LogP contribution is 2.29. The summed E-state index contributed by atoms with van der Waals surface area (Å²) in [6, 6.07) is 13.3. The molecule has 146 valence electrons. The number of nitrogens with zero attached hydrogens (tertiary/aromatic N) is 3. The standard InChI is InChI=1S/C20H20ClFN4OS/c1-12(14-8-10-15(22)11-9-14)23-19(27)13(2)28-20-25-24-18(26(20)3)16-6-4-5-7-17(16)21/h4-13H,1-3H3,(H,23,27)/t12-,13+/m1/s1. The predicted molar refractivity (Wildman–Crippen MR) is 110 cm³/mol. The molecule has 0 saturated heterocycles. The van der Waals surface area contributed by atoms with Crippen LogP contribution in [0, 0.1) is 5.82 Å². The fourth-order valence-electron chi connectivity index (χ4n) is 2.67. The van der Waals surface area contributed by atoms with Crippen molar-refractivity contribution in [2.24, 2.45) is 7.05 Å². The van der Waals surface area contributed by atoms with Crippen molar-refractivity contribution in [3.05, 3.63) is 64.9 Å². The van der Waals surface area contributed by atoms with Crippen LogP contribution in [0.2, 0.25) is 5.02 Å². The summed E-state index contributed by atoms with van der Waals surface area (Å²) in [6.07, 6.45) is 0. The van der Waals surface area contributed by atoms with Gasteiger partial charge in [0.2, 0.25) is 5.91 Å². The van der Waals surface area contributed by atoms with Crippen molar-refractivity contribution in [3.8, 4) is 11.4 Å². The summed E-state index contributed by atoms with van der Waals surface area (Å²) in [5.74, 6) is 0.201. The predicted octanol–water partition coefficient (Wildman–Crippen LogP) is 4.63. The van der Waals surface area contributed by atoms with E-state index in [9.17, 15) is 9.18 Å². The van der Waals surface area contributed by atoms with Gasteiger partial charge < -0.3 is 9.88 Å². The number of nitrogens with one attached hydrogen (secondary N) is 1. The molecule has 5 nitrogen and oxygen atoms in total. The van der Waals surface area contributed by atoms with E-state index in [1.165, 1.54) is 23.9 Å². The lowest BCUT2D eigenvalue weighted by Crippen LogP contribution is -2.33. The Kier molecular flexibility index (Phi) is 6.36. The second kappa shape index (κ2) is 8.75. The Balaban J connectivity index is 1.67. The maximum atomic E-state index is 13.1. The Morgan fingerprint density at radius 2 is 1.82 bits per heavy atom. The van der Waals surface area contributed by atoms with Crippen LogP contribution in [0.5, 0.6) is 0 Å². The highest BCUT2D eigenvalue weighted by molar-refractivity contribution is 8.00. The molecule has 0 saturated carbocycles. The molecule has 28 heavy (non-hydrogen) atoms. The molecule has 1 aromatic heterocycles. The molecular weight excluding hydrogens is 399 g/mol. The van der Waals surface area contributed by atoms with Crippen molar-refractivity contribution < 1.29 is 9.18 Å². The number of hydrogen-bond acceptors (Lipinski definition) is 4. The first-order valence-electron chi connectivity index (χ1n) is 8.73. The van der Waals surface area contributed by atoms with Gasteiger partial charge in [-0.15, -0.1) is 10.2 Å². The maximum Gasteiger partial charge on any atom is 0.233 e. The van der Waals surface area contributed by atoms with Crippen LogP contribution in [-0.2, 0) is 11.8 Å². The van der Waals surface area contributed by atoms with E-state index in [-0.39, 0.29) is 23.0 Å². The minimum absolute atomic E-state index is 0.135. The van der Waals surface area contributed by atoms with Gasteiger partial charge in [-0.05, 0) is 43.7 Å². The average molecular weight is 419 g/mol. The van der Waals surface area contributed by atoms with E-state index in [1.54, 1.807) is 25.1 Å². The number of carbonyl (C=O) groups is 1. The van der Waals surface area contributed by atoms with Gasteiger partial charge in [0.05, 0.1) is 16.3 Å². The number of rotatable bonds is 6. The van der Waals surface area contributed by atoms with E-state index >= 15 is 0 Å². The van der Waals surface area contributed by atoms with Crippen molar-refractivity contribution in [2.45, 2.75) is 30.3 Å². The van der Waals surface area contributed by atoms with Gasteiger partial charge in [0, 0.05) is 12.6 Å². The number of halogens is 2. The Labute approximate surface area is 172 Å². The zero-order valence-electron chi connectivity index (χ0n) is 15.7. The van der Waals surface area contributed by atoms with Crippen molar-refractivity contribution in [1.82, 2.24) is 20.1 Å². The summed E-state index contributed by atoms with van der Waals surface area (Å²) >= 11 is 7.56. The monoisotopic (exact) mass is 418 g/mol. The molecule has 2 aromatic carbocycles. The van der Waals surface area contributed by atoms with Crippen LogP contribution >= 0.6 is 23.4 Å². The normalized spacial score (nSPS) is 13.2. The summed E-state index contributed by atoms with van der Waals surface area (Å²) in [7, 11) is 1.84. The van der Waals surface area contributed by atoms with Gasteiger partial charge >= 0.3 is 0 Å². The molecule has 3 aromatic rings. The minimum atomic E-state index is -0.384. The largest absolute Gasteiger partial charge is 0.349 e. The smallest absolute Gasteiger partial charge is 0.233 e. The van der Waals surface area contributed by atoms with Crippen molar-refractivity contribution in [1.29, 1.82) is 0 Å². The second-order valence-corrected chi connectivity index (χ2v) is 8.10. The number of amides is 1. The lowest BCUT2D eigenvalue weighted by atomic mass is 10.1. The molecule has 3 rings (SSSR count). The van der Waals surface area contributed by atoms with Gasteiger partial charge in [0.15, 0.2) is 11.0 Å². The number of aromatic nitrogens is 3. The minimum Gasteiger partial charge on any atom is -0.349 e. The molecule has 1 heterocycles. The topological polar surface area (TPSA) is 59.8 Å². The Bertz CT molecular complexity index is 977. The van der Waals surface area contributed by atoms with Crippen molar-refractivity contribution >= 4 is 29.3 Å². The van der Waals surface area contributed by atoms with Gasteiger partial charge in [-0.3, -0.25) is 4.79 Å². The zero-order valence-corrected chi connectivity index (χ0v) is 17.3. The van der Waals surface area contributed by atoms with Gasteiger partial charge in [0.25, 0.3) is 0 Å². The van der Waals surface area contributed by atoms with Gasteiger partial charge in [0.1, 0.15) is 5.82 Å². The average Bonchev–Trinajstić information content (AvgIpc) is 3.03. The molecule has 0 aliphatic heterocycles. The summed E-state index contributed by atoms with van der Waals surface area (Å²) in [5.41, 5.74) is 1.62. The molecule has 0 spiro atoms. The van der Waals surface area contributed by atoms with Crippen molar-refractivity contribution in [2.75, 3.05) is 0 Å². The van der Waals surface area contributed by atoms with Gasteiger partial charge in [-0.2, -0.15) is 0 Å². The summed E-state index contributed by atoms with van der Waals surface area (Å²) in [4.78, 5) is 12.6. The second-order valence-electron chi connectivity index (χ2n) is 6.39. The molecule has 0 unspecified atom stereocenters. The van der Waals surface area contributed by atoms with Crippen LogP contribution in [0.4, 0.5) is 4.39 Å². The number of carbonyl (C=O) groups excluding carboxylic acids is 1. The van der Waals surface area contributed by atoms with Crippen LogP contribution in [0.25, 0.3) is 11.4 Å². The third-order valence-electron chi connectivity index (χ3n) is 4.33. The summed E-state index contributed by atoms with van der Waals surface area (Å²) < 4.78 is 14.9. The molecule has 1 N–H and O–H groups in total. The molecule has 0 aliphatic carbocycles. The van der Waals surface area contributed by atoms with E-state index in [4.69, 9.17) is 11.6 Å². The fraction of sp³-hybridized carbons (Fsp3) is 0.250. The first kappa shape index (κ1) is 20.4. The molecule has 8 heteroatoms. The third kappa shape index (κ3) is 4.54. The van der Waals surface area contributed by atoms with E-state index in [0.29, 0.717) is 16.0 Å². The maximum absolute atomic E-state index is 13.1. The number of hydrogen-bond donors (Lipinski definition) is 1. The van der Waals surface area contributed by atoms with Gasteiger partial charge in [-0.1, -0.05) is 47.6 Å². The molecule has 0 radical (unpaired) electrons. The van der Waals surface area contributed by atoms with Crippen LogP contribution in [0.15, 0.2) is 53.7 Å². The first-order chi connectivity index (χ1) is 13.4. The van der Waals surface area contributed by atoms with E-state index in [1.807, 2.05) is 36.7 Å². The van der Waals surface area contributed by atoms with Crippen LogP contribution in [0.3, 0.4) is 0 Å². The van der Waals surface area contributed by atoms with E-state index < -0.39 is 0 Å². The molecule has 2 atom stereocenters. The van der Waals surface area contributed by atoms with Gasteiger partial charge in [-0.25, -0.2) is 4.39 Å². The highest BCUT2D eigenvalue weighted by Gasteiger charge is 2.21. The third-order valence-corrected chi connectivity index (χ3v) is 5.79. The quantitative estimate of drug-likeness (QED) is 0.593. The van der Waals surface area contributed by atoms with Crippen LogP contribution in [-0.4, -0.2) is 25.9 Å². The lowest BCUT2D eigenvalue weighted by molar-refractivity contribution is -0.120. The highest BCUT2D eigenvalue weighted by atomic mass is 35.5. The number of benzene rings is 2. The lowest BCUT2D eigenvalue weighted by Gasteiger charge is -2.17. The fourth-order valence-corrected chi connectivity index (χ4v) is 3.72.